The number of rotatable bonds is 24. The number of aliphatic carboxylic acids is 1. The molecule has 0 spiro atoms. The van der Waals surface area contributed by atoms with E-state index in [1.54, 1.807) is 37.3 Å². The molecule has 0 saturated carbocycles. The summed E-state index contributed by atoms with van der Waals surface area (Å²) in [6.45, 7) is 5.42. The molecule has 2 aromatic heterocycles. The fraction of sp³-hybridized carbons (Fsp3) is 0.512. The summed E-state index contributed by atoms with van der Waals surface area (Å²) in [6.07, 6.45) is 7.58. The summed E-state index contributed by atoms with van der Waals surface area (Å²) in [5.41, 5.74) is 18.5. The number of aliphatic imine (C=N–C) groups is 1. The van der Waals surface area contributed by atoms with Gasteiger partial charge < -0.3 is 63.8 Å². The number of nitrogens with zero attached hydrogens (tertiary/aromatic N) is 4. The van der Waals surface area contributed by atoms with E-state index in [1.807, 2.05) is 6.92 Å². The highest BCUT2D eigenvalue weighted by atomic mass is 16.4. The van der Waals surface area contributed by atoms with Gasteiger partial charge in [-0.15, -0.1) is 0 Å². The first-order valence-electron chi connectivity index (χ1n) is 20.9. The highest BCUT2D eigenvalue weighted by Crippen LogP contribution is 2.21. The van der Waals surface area contributed by atoms with E-state index >= 15 is 0 Å². The van der Waals surface area contributed by atoms with Gasteiger partial charge in [0, 0.05) is 56.1 Å². The number of amides is 6. The number of nitrogens with two attached hydrogens (primary N) is 3. The lowest BCUT2D eigenvalue weighted by Crippen LogP contribution is -2.61. The molecule has 1 saturated heterocycles. The molecule has 342 valence electrons. The third kappa shape index (κ3) is 14.9. The lowest BCUT2D eigenvalue weighted by Gasteiger charge is -2.31. The van der Waals surface area contributed by atoms with Crippen molar-refractivity contribution >= 4 is 47.4 Å². The fourth-order valence-electron chi connectivity index (χ4n) is 7.01. The topological polar surface area (TPSA) is 351 Å². The first kappa shape index (κ1) is 48.8. The molecule has 22 heteroatoms. The van der Waals surface area contributed by atoms with E-state index in [4.69, 9.17) is 17.2 Å². The van der Waals surface area contributed by atoms with Gasteiger partial charge in [-0.25, -0.2) is 14.8 Å². The molecule has 8 atom stereocenters. The molecule has 0 bridgehead atoms. The lowest BCUT2D eigenvalue weighted by atomic mass is 9.97. The van der Waals surface area contributed by atoms with Gasteiger partial charge in [-0.05, 0) is 44.1 Å². The Morgan fingerprint density at radius 3 is 2.05 bits per heavy atom. The van der Waals surface area contributed by atoms with Crippen LogP contribution in [0.25, 0.3) is 0 Å². The van der Waals surface area contributed by atoms with Gasteiger partial charge in [0.2, 0.25) is 35.4 Å². The van der Waals surface area contributed by atoms with Crippen molar-refractivity contribution in [3.63, 3.8) is 0 Å². The number of nitrogens with one attached hydrogen (secondary N) is 7. The molecule has 3 aromatic rings. The quantitative estimate of drug-likeness (QED) is 0.0267. The van der Waals surface area contributed by atoms with Gasteiger partial charge >= 0.3 is 5.97 Å². The van der Waals surface area contributed by atoms with Crippen LogP contribution >= 0.6 is 0 Å². The van der Waals surface area contributed by atoms with Crippen molar-refractivity contribution in [2.45, 2.75) is 114 Å². The summed E-state index contributed by atoms with van der Waals surface area (Å²) in [7, 11) is 0. The number of H-pyrrole nitrogens is 2. The molecular formula is C41H60N14O8. The summed E-state index contributed by atoms with van der Waals surface area (Å²) in [4.78, 5) is 114. The van der Waals surface area contributed by atoms with Gasteiger partial charge in [0.1, 0.15) is 36.3 Å². The standard InChI is InChI=1S/C41H60N14O8/c1-4-23(2)33(54-34(56)24(3)50-36(58)29(17-26-19-45-21-48-26)51-35(57)28(42)12-8-14-47-41(43)44)38(60)52-30(18-27-20-46-22-49-27)39(61)55-15-9-13-32(55)37(59)53-31(40(62)63)16-25-10-6-5-7-11-25/h5-7,10-11,19-24,28-33H,4,8-9,12-18,42H2,1-3H3,(H,45,48)(H,46,49)(H,50,58)(H,51,57)(H,52,60)(H,53,59)(H,54,56)(H,62,63)(H4,43,44,47)/t23-,24-,28-,29-,30-,31-,32-,33-/m0/s1. The van der Waals surface area contributed by atoms with E-state index in [0.717, 1.165) is 0 Å². The zero-order valence-electron chi connectivity index (χ0n) is 35.7. The molecule has 0 unspecified atom stereocenters. The molecular weight excluding hydrogens is 817 g/mol. The van der Waals surface area contributed by atoms with Gasteiger partial charge in [0.05, 0.1) is 18.7 Å². The predicted molar refractivity (Wildman–Crippen MR) is 230 cm³/mol. The summed E-state index contributed by atoms with van der Waals surface area (Å²) in [6, 6.07) is 0.825. The van der Waals surface area contributed by atoms with Crippen molar-refractivity contribution in [2.24, 2.45) is 28.1 Å². The maximum Gasteiger partial charge on any atom is 0.326 e. The number of hydrogen-bond acceptors (Lipinski definition) is 11. The molecule has 4 rings (SSSR count). The van der Waals surface area contributed by atoms with Crippen molar-refractivity contribution in [3.05, 3.63) is 72.3 Å². The molecule has 63 heavy (non-hydrogen) atoms. The zero-order valence-corrected chi connectivity index (χ0v) is 35.7. The average molecular weight is 877 g/mol. The van der Waals surface area contributed by atoms with E-state index in [-0.39, 0.29) is 51.2 Å². The van der Waals surface area contributed by atoms with E-state index in [2.05, 4.69) is 51.5 Å². The van der Waals surface area contributed by atoms with Crippen LogP contribution in [0.4, 0.5) is 0 Å². The average Bonchev–Trinajstić information content (AvgIpc) is 4.08. The van der Waals surface area contributed by atoms with Gasteiger partial charge in [0.15, 0.2) is 5.96 Å². The van der Waals surface area contributed by atoms with Crippen molar-refractivity contribution in [1.82, 2.24) is 51.4 Å². The van der Waals surface area contributed by atoms with Crippen LogP contribution in [0.1, 0.15) is 69.8 Å². The Morgan fingerprint density at radius 1 is 0.825 bits per heavy atom. The van der Waals surface area contributed by atoms with Crippen molar-refractivity contribution in [2.75, 3.05) is 13.1 Å². The van der Waals surface area contributed by atoms with Crippen LogP contribution in [-0.2, 0) is 52.8 Å². The minimum Gasteiger partial charge on any atom is -0.480 e. The Kier molecular flexibility index (Phi) is 18.6. The number of benzene rings is 1. The summed E-state index contributed by atoms with van der Waals surface area (Å²) >= 11 is 0. The van der Waals surface area contributed by atoms with E-state index in [9.17, 15) is 38.7 Å². The largest absolute Gasteiger partial charge is 0.480 e. The number of guanidine groups is 1. The first-order chi connectivity index (χ1) is 30.1. The van der Waals surface area contributed by atoms with Crippen LogP contribution in [0.3, 0.4) is 0 Å². The second kappa shape index (κ2) is 24.0. The third-order valence-electron chi connectivity index (χ3n) is 10.8. The molecule has 1 aromatic carbocycles. The molecule has 0 radical (unpaired) electrons. The fourth-order valence-corrected chi connectivity index (χ4v) is 7.01. The molecule has 3 heterocycles. The molecule has 6 amide bonds. The van der Waals surface area contributed by atoms with E-state index in [1.165, 1.54) is 36.9 Å². The highest BCUT2D eigenvalue weighted by molar-refractivity contribution is 5.97. The monoisotopic (exact) mass is 876 g/mol. The van der Waals surface area contributed by atoms with Crippen molar-refractivity contribution in [1.29, 1.82) is 0 Å². The third-order valence-corrected chi connectivity index (χ3v) is 10.8. The van der Waals surface area contributed by atoms with E-state index < -0.39 is 89.6 Å². The van der Waals surface area contributed by atoms with Gasteiger partial charge in [-0.2, -0.15) is 0 Å². The number of carboxylic acids is 1. The number of aromatic nitrogens is 4. The SMILES string of the molecule is CC[C@H](C)[C@H](NC(=O)[C@H](C)NC(=O)[C@H](Cc1cnc[nH]1)NC(=O)[C@@H](N)CCCN=C(N)N)C(=O)N[C@@H](Cc1cnc[nH]1)C(=O)N1CCC[C@H]1C(=O)N[C@@H](Cc1ccccc1)C(=O)O. The Labute approximate surface area is 364 Å². The molecule has 0 aliphatic carbocycles. The molecule has 14 N–H and O–H groups in total. The zero-order chi connectivity index (χ0) is 46.1. The number of imidazole rings is 2. The predicted octanol–water partition coefficient (Wildman–Crippen LogP) is -1.89. The van der Waals surface area contributed by atoms with Crippen molar-refractivity contribution in [3.8, 4) is 0 Å². The normalized spacial score (nSPS) is 16.8. The minimum absolute atomic E-state index is 0.0103. The maximum absolute atomic E-state index is 14.3. The first-order valence-corrected chi connectivity index (χ1v) is 20.9. The number of carbonyl (C=O) groups is 7. The van der Waals surface area contributed by atoms with Crippen LogP contribution in [0.5, 0.6) is 0 Å². The van der Waals surface area contributed by atoms with Crippen LogP contribution in [0.2, 0.25) is 0 Å². The minimum atomic E-state index is -1.25. The van der Waals surface area contributed by atoms with Gasteiger partial charge in [-0.1, -0.05) is 50.6 Å². The summed E-state index contributed by atoms with van der Waals surface area (Å²) in [5.74, 6) is -5.72. The summed E-state index contributed by atoms with van der Waals surface area (Å²) in [5, 5.41) is 23.3. The number of likely N-dealkylation sites (tertiary alicyclic amines) is 1. The smallest absolute Gasteiger partial charge is 0.326 e. The van der Waals surface area contributed by atoms with Crippen LogP contribution in [-0.4, -0.2) is 133 Å². The number of hydrogen-bond donors (Lipinski definition) is 11. The highest BCUT2D eigenvalue weighted by Gasteiger charge is 2.40. The van der Waals surface area contributed by atoms with Gasteiger partial charge in [-0.3, -0.25) is 33.8 Å². The number of carboxylic acid groups (broad SMARTS) is 1. The Morgan fingerprint density at radius 2 is 1.46 bits per heavy atom. The maximum atomic E-state index is 14.3. The molecule has 1 aliphatic heterocycles. The second-order valence-corrected chi connectivity index (χ2v) is 15.6. The Bertz CT molecular complexity index is 2010. The number of aromatic amines is 2. The van der Waals surface area contributed by atoms with Crippen molar-refractivity contribution < 1.29 is 38.7 Å². The van der Waals surface area contributed by atoms with Gasteiger partial charge in [0.25, 0.3) is 0 Å². The van der Waals surface area contributed by atoms with Crippen LogP contribution in [0.15, 0.2) is 60.4 Å². The Balaban J connectivity index is 1.45. The summed E-state index contributed by atoms with van der Waals surface area (Å²) < 4.78 is 0. The second-order valence-electron chi connectivity index (χ2n) is 15.6. The Hall–Kier alpha value is -6.84. The van der Waals surface area contributed by atoms with Crippen LogP contribution < -0.4 is 43.8 Å². The number of carbonyl (C=O) groups excluding carboxylic acids is 6. The van der Waals surface area contributed by atoms with Crippen LogP contribution in [0, 0.1) is 5.92 Å². The molecule has 1 aliphatic rings. The lowest BCUT2D eigenvalue weighted by molar-refractivity contribution is -0.145. The van der Waals surface area contributed by atoms with E-state index in [0.29, 0.717) is 36.2 Å². The molecule has 22 nitrogen and oxygen atoms in total. The molecule has 1 fully saturated rings.